The molecule has 0 aliphatic carbocycles. The normalized spacial score (nSPS) is 16.2. The molecule has 0 radical (unpaired) electrons. The third kappa shape index (κ3) is 3.26. The van der Waals surface area contributed by atoms with Gasteiger partial charge in [0.15, 0.2) is 0 Å². The monoisotopic (exact) mass is 326 g/mol. The summed E-state index contributed by atoms with van der Waals surface area (Å²) in [6, 6.07) is 14.2. The number of carbonyl (C=O) groups is 2. The Morgan fingerprint density at radius 3 is 2.29 bits per heavy atom. The molecule has 1 aliphatic rings. The number of hydrogen-bond acceptors (Lipinski definition) is 3. The molecular weight excluding hydrogens is 304 g/mol. The van der Waals surface area contributed by atoms with Gasteiger partial charge in [0.1, 0.15) is 6.61 Å². The molecule has 1 N–H and O–H groups in total. The number of aliphatic hydroxyl groups is 1. The van der Waals surface area contributed by atoms with Crippen LogP contribution in [0.4, 0.5) is 0 Å². The van der Waals surface area contributed by atoms with Gasteiger partial charge in [0.2, 0.25) is 11.8 Å². The van der Waals surface area contributed by atoms with Gasteiger partial charge in [-0.25, -0.2) is 0 Å². The van der Waals surface area contributed by atoms with E-state index in [2.05, 4.69) is 18.2 Å². The van der Waals surface area contributed by atoms with Crippen LogP contribution in [-0.4, -0.2) is 59.5 Å². The van der Waals surface area contributed by atoms with E-state index in [4.69, 9.17) is 5.11 Å². The van der Waals surface area contributed by atoms with Crippen LogP contribution in [-0.2, 0) is 9.59 Å². The third-order valence-electron chi connectivity index (χ3n) is 4.72. The van der Waals surface area contributed by atoms with Gasteiger partial charge in [0.05, 0.1) is 5.92 Å². The second-order valence-electron chi connectivity index (χ2n) is 6.19. The molecule has 1 unspecified atom stereocenters. The van der Waals surface area contributed by atoms with Crippen LogP contribution in [0.5, 0.6) is 0 Å². The van der Waals surface area contributed by atoms with Crippen LogP contribution in [0.15, 0.2) is 42.5 Å². The van der Waals surface area contributed by atoms with E-state index in [1.54, 1.807) is 9.80 Å². The Labute approximate surface area is 141 Å². The SMILES string of the molecule is CC(C(=O)N1CCN(C(=O)CO)CC1)c1ccc2ccccc2c1. The molecule has 2 aromatic carbocycles. The van der Waals surface area contributed by atoms with E-state index in [-0.39, 0.29) is 17.7 Å². The summed E-state index contributed by atoms with van der Waals surface area (Å²) >= 11 is 0. The fourth-order valence-corrected chi connectivity index (χ4v) is 3.17. The van der Waals surface area contributed by atoms with Gasteiger partial charge in [0.25, 0.3) is 0 Å². The maximum atomic E-state index is 12.8. The molecule has 3 rings (SSSR count). The van der Waals surface area contributed by atoms with E-state index in [0.717, 1.165) is 16.3 Å². The lowest BCUT2D eigenvalue weighted by atomic mass is 9.96. The first-order valence-corrected chi connectivity index (χ1v) is 8.26. The van der Waals surface area contributed by atoms with E-state index in [9.17, 15) is 9.59 Å². The van der Waals surface area contributed by atoms with E-state index in [1.165, 1.54) is 0 Å². The summed E-state index contributed by atoms with van der Waals surface area (Å²) in [5.41, 5.74) is 1.01. The Balaban J connectivity index is 1.69. The van der Waals surface area contributed by atoms with Gasteiger partial charge in [-0.2, -0.15) is 0 Å². The van der Waals surface area contributed by atoms with Crippen molar-refractivity contribution in [3.63, 3.8) is 0 Å². The predicted molar refractivity (Wildman–Crippen MR) is 92.6 cm³/mol. The quantitative estimate of drug-likeness (QED) is 0.932. The highest BCUT2D eigenvalue weighted by Crippen LogP contribution is 2.23. The van der Waals surface area contributed by atoms with Gasteiger partial charge < -0.3 is 14.9 Å². The lowest BCUT2D eigenvalue weighted by Crippen LogP contribution is -2.52. The van der Waals surface area contributed by atoms with Crippen molar-refractivity contribution in [2.45, 2.75) is 12.8 Å². The summed E-state index contributed by atoms with van der Waals surface area (Å²) in [7, 11) is 0. The fraction of sp³-hybridized carbons (Fsp3) is 0.368. The van der Waals surface area contributed by atoms with Crippen molar-refractivity contribution in [2.75, 3.05) is 32.8 Å². The summed E-state index contributed by atoms with van der Waals surface area (Å²) in [4.78, 5) is 27.7. The Bertz CT molecular complexity index is 751. The van der Waals surface area contributed by atoms with Crippen LogP contribution >= 0.6 is 0 Å². The number of nitrogens with zero attached hydrogens (tertiary/aromatic N) is 2. The van der Waals surface area contributed by atoms with Crippen molar-refractivity contribution in [1.29, 1.82) is 0 Å². The molecule has 1 atom stereocenters. The highest BCUT2D eigenvalue weighted by Gasteiger charge is 2.27. The number of piperazine rings is 1. The number of aliphatic hydroxyl groups excluding tert-OH is 1. The van der Waals surface area contributed by atoms with Crippen molar-refractivity contribution in [3.8, 4) is 0 Å². The predicted octanol–water partition coefficient (Wildman–Crippen LogP) is 1.61. The Morgan fingerprint density at radius 1 is 1.00 bits per heavy atom. The fourth-order valence-electron chi connectivity index (χ4n) is 3.17. The molecule has 0 aromatic heterocycles. The number of carbonyl (C=O) groups excluding carboxylic acids is 2. The van der Waals surface area contributed by atoms with Gasteiger partial charge in [-0.3, -0.25) is 9.59 Å². The van der Waals surface area contributed by atoms with Crippen molar-refractivity contribution >= 4 is 22.6 Å². The smallest absolute Gasteiger partial charge is 0.248 e. The van der Waals surface area contributed by atoms with Crippen molar-refractivity contribution in [3.05, 3.63) is 48.0 Å². The first-order chi connectivity index (χ1) is 11.6. The maximum absolute atomic E-state index is 12.8. The summed E-state index contributed by atoms with van der Waals surface area (Å²) in [5.74, 6) is -0.402. The van der Waals surface area contributed by atoms with Gasteiger partial charge in [-0.15, -0.1) is 0 Å². The molecule has 0 bridgehead atoms. The molecule has 2 amide bonds. The number of amides is 2. The van der Waals surface area contributed by atoms with Gasteiger partial charge >= 0.3 is 0 Å². The van der Waals surface area contributed by atoms with E-state index in [1.807, 2.05) is 31.2 Å². The number of rotatable bonds is 3. The zero-order valence-corrected chi connectivity index (χ0v) is 13.8. The highest BCUT2D eigenvalue weighted by atomic mass is 16.3. The van der Waals surface area contributed by atoms with Crippen LogP contribution in [0.3, 0.4) is 0 Å². The molecule has 5 heteroatoms. The minimum absolute atomic E-state index is 0.0846. The zero-order chi connectivity index (χ0) is 17.1. The third-order valence-corrected chi connectivity index (χ3v) is 4.72. The van der Waals surface area contributed by atoms with Gasteiger partial charge in [0, 0.05) is 26.2 Å². The lowest BCUT2D eigenvalue weighted by molar-refractivity contribution is -0.141. The number of benzene rings is 2. The van der Waals surface area contributed by atoms with Crippen LogP contribution in [0.25, 0.3) is 10.8 Å². The molecule has 1 saturated heterocycles. The number of fused-ring (bicyclic) bond motifs is 1. The summed E-state index contributed by atoms with van der Waals surface area (Å²) < 4.78 is 0. The van der Waals surface area contributed by atoms with Crippen molar-refractivity contribution < 1.29 is 14.7 Å². The topological polar surface area (TPSA) is 60.9 Å². The second-order valence-corrected chi connectivity index (χ2v) is 6.19. The summed E-state index contributed by atoms with van der Waals surface area (Å²) in [6.45, 7) is 3.45. The van der Waals surface area contributed by atoms with Crippen LogP contribution in [0.2, 0.25) is 0 Å². The van der Waals surface area contributed by atoms with Gasteiger partial charge in [-0.1, -0.05) is 42.5 Å². The Hall–Kier alpha value is -2.40. The molecule has 5 nitrogen and oxygen atoms in total. The van der Waals surface area contributed by atoms with E-state index in [0.29, 0.717) is 26.2 Å². The molecule has 0 saturated carbocycles. The van der Waals surface area contributed by atoms with E-state index < -0.39 is 6.61 Å². The average Bonchev–Trinajstić information content (AvgIpc) is 2.66. The maximum Gasteiger partial charge on any atom is 0.248 e. The average molecular weight is 326 g/mol. The minimum atomic E-state index is -0.471. The summed E-state index contributed by atoms with van der Waals surface area (Å²) in [5, 5.41) is 11.2. The van der Waals surface area contributed by atoms with Gasteiger partial charge in [-0.05, 0) is 23.3 Å². The minimum Gasteiger partial charge on any atom is -0.387 e. The first kappa shape index (κ1) is 16.5. The standard InChI is InChI=1S/C19H22N2O3/c1-14(16-7-6-15-4-2-3-5-17(15)12-16)19(24)21-10-8-20(9-11-21)18(23)13-22/h2-7,12,14,22H,8-11,13H2,1H3. The molecule has 1 fully saturated rings. The molecule has 1 heterocycles. The largest absolute Gasteiger partial charge is 0.387 e. The molecular formula is C19H22N2O3. The molecule has 2 aromatic rings. The van der Waals surface area contributed by atoms with E-state index >= 15 is 0 Å². The Kier molecular flexibility index (Phi) is 4.81. The van der Waals surface area contributed by atoms with Crippen LogP contribution in [0, 0.1) is 0 Å². The Morgan fingerprint density at radius 2 is 1.62 bits per heavy atom. The first-order valence-electron chi connectivity index (χ1n) is 8.26. The lowest BCUT2D eigenvalue weighted by Gasteiger charge is -2.35. The van der Waals surface area contributed by atoms with Crippen molar-refractivity contribution in [1.82, 2.24) is 9.80 Å². The van der Waals surface area contributed by atoms with Crippen molar-refractivity contribution in [2.24, 2.45) is 0 Å². The molecule has 0 spiro atoms. The number of hydrogen-bond donors (Lipinski definition) is 1. The molecule has 24 heavy (non-hydrogen) atoms. The van der Waals surface area contributed by atoms with Crippen LogP contribution in [0.1, 0.15) is 18.4 Å². The molecule has 126 valence electrons. The van der Waals surface area contributed by atoms with Crippen LogP contribution < -0.4 is 0 Å². The molecule has 1 aliphatic heterocycles. The zero-order valence-electron chi connectivity index (χ0n) is 13.8. The summed E-state index contributed by atoms with van der Waals surface area (Å²) in [6.07, 6.45) is 0. The second kappa shape index (κ2) is 7.01. The highest BCUT2D eigenvalue weighted by molar-refractivity contribution is 5.88.